The molecule has 3 N–H and O–H groups in total. The van der Waals surface area contributed by atoms with Crippen LogP contribution >= 0.6 is 0 Å². The molecule has 94 valence electrons. The average Bonchev–Trinajstić information content (AvgIpc) is 2.25. The van der Waals surface area contributed by atoms with Crippen LogP contribution < -0.4 is 11.1 Å². The lowest BCUT2D eigenvalue weighted by Crippen LogP contribution is -2.42. The lowest BCUT2D eigenvalue weighted by atomic mass is 9.90. The van der Waals surface area contributed by atoms with Gasteiger partial charge in [0, 0.05) is 18.5 Å². The average molecular weight is 226 g/mol. The Kier molecular flexibility index (Phi) is 6.46. The van der Waals surface area contributed by atoms with Crippen LogP contribution in [0.5, 0.6) is 0 Å². The fourth-order valence-electron chi connectivity index (χ4n) is 2.37. The molecule has 1 fully saturated rings. The van der Waals surface area contributed by atoms with Crippen molar-refractivity contribution in [1.29, 1.82) is 0 Å². The Morgan fingerprint density at radius 2 is 1.81 bits per heavy atom. The molecule has 0 aliphatic heterocycles. The molecule has 0 bridgehead atoms. The number of amides is 1. The molecule has 0 saturated heterocycles. The van der Waals surface area contributed by atoms with Crippen molar-refractivity contribution in [3.8, 4) is 0 Å². The van der Waals surface area contributed by atoms with Crippen molar-refractivity contribution < 1.29 is 4.79 Å². The molecule has 1 atom stereocenters. The van der Waals surface area contributed by atoms with E-state index in [1.165, 1.54) is 32.1 Å². The fourth-order valence-corrected chi connectivity index (χ4v) is 2.37. The summed E-state index contributed by atoms with van der Waals surface area (Å²) in [7, 11) is 0. The van der Waals surface area contributed by atoms with Crippen LogP contribution in [0.1, 0.15) is 58.3 Å². The third-order valence-corrected chi connectivity index (χ3v) is 3.60. The molecule has 0 spiro atoms. The smallest absolute Gasteiger partial charge is 0.223 e. The quantitative estimate of drug-likeness (QED) is 0.772. The van der Waals surface area contributed by atoms with Crippen molar-refractivity contribution >= 4 is 5.91 Å². The van der Waals surface area contributed by atoms with Crippen LogP contribution in [-0.2, 0) is 4.79 Å². The van der Waals surface area contributed by atoms with Gasteiger partial charge in [-0.15, -0.1) is 0 Å². The largest absolute Gasteiger partial charge is 0.352 e. The van der Waals surface area contributed by atoms with Crippen LogP contribution in [0.4, 0.5) is 0 Å². The van der Waals surface area contributed by atoms with Crippen LogP contribution in [-0.4, -0.2) is 18.5 Å². The summed E-state index contributed by atoms with van der Waals surface area (Å²) in [6, 6.07) is 0.165. The topological polar surface area (TPSA) is 55.1 Å². The molecule has 0 aromatic carbocycles. The zero-order chi connectivity index (χ0) is 11.8. The number of hydrogen-bond acceptors (Lipinski definition) is 2. The van der Waals surface area contributed by atoms with Gasteiger partial charge in [0.25, 0.3) is 0 Å². The summed E-state index contributed by atoms with van der Waals surface area (Å²) >= 11 is 0. The Bertz CT molecular complexity index is 194. The maximum Gasteiger partial charge on any atom is 0.223 e. The van der Waals surface area contributed by atoms with Gasteiger partial charge >= 0.3 is 0 Å². The van der Waals surface area contributed by atoms with Crippen molar-refractivity contribution in [3.05, 3.63) is 0 Å². The van der Waals surface area contributed by atoms with Crippen molar-refractivity contribution in [1.82, 2.24) is 5.32 Å². The SMILES string of the molecule is CCC(CN)NC(=O)C1CCCCCCC1. The Hall–Kier alpha value is -0.570. The molecule has 3 heteroatoms. The first-order chi connectivity index (χ1) is 7.77. The van der Waals surface area contributed by atoms with Crippen molar-refractivity contribution in [2.75, 3.05) is 6.54 Å². The summed E-state index contributed by atoms with van der Waals surface area (Å²) in [6.45, 7) is 2.62. The predicted octanol–water partition coefficient (Wildman–Crippen LogP) is 2.20. The molecule has 1 saturated carbocycles. The van der Waals surface area contributed by atoms with Gasteiger partial charge in [-0.1, -0.05) is 39.0 Å². The molecule has 3 nitrogen and oxygen atoms in total. The van der Waals surface area contributed by atoms with Gasteiger partial charge in [-0.25, -0.2) is 0 Å². The van der Waals surface area contributed by atoms with Gasteiger partial charge in [0.05, 0.1) is 0 Å². The molecular formula is C13H26N2O. The fraction of sp³-hybridized carbons (Fsp3) is 0.923. The van der Waals surface area contributed by atoms with Crippen LogP contribution in [0.25, 0.3) is 0 Å². The minimum atomic E-state index is 0.165. The molecule has 1 amide bonds. The number of hydrogen-bond donors (Lipinski definition) is 2. The van der Waals surface area contributed by atoms with E-state index in [0.29, 0.717) is 6.54 Å². The van der Waals surface area contributed by atoms with Crippen molar-refractivity contribution in [3.63, 3.8) is 0 Å². The van der Waals surface area contributed by atoms with Gasteiger partial charge in [0.15, 0.2) is 0 Å². The molecule has 0 radical (unpaired) electrons. The van der Waals surface area contributed by atoms with E-state index in [2.05, 4.69) is 12.2 Å². The standard InChI is InChI=1S/C13H26N2O/c1-2-12(10-14)15-13(16)11-8-6-4-3-5-7-9-11/h11-12H,2-10,14H2,1H3,(H,15,16). The van der Waals surface area contributed by atoms with Gasteiger partial charge in [0.2, 0.25) is 5.91 Å². The van der Waals surface area contributed by atoms with Crippen molar-refractivity contribution in [2.24, 2.45) is 11.7 Å². The van der Waals surface area contributed by atoms with Gasteiger partial charge in [-0.2, -0.15) is 0 Å². The molecule has 16 heavy (non-hydrogen) atoms. The van der Waals surface area contributed by atoms with Crippen LogP contribution in [0.15, 0.2) is 0 Å². The Morgan fingerprint density at radius 3 is 2.31 bits per heavy atom. The minimum absolute atomic E-state index is 0.165. The van der Waals surface area contributed by atoms with Gasteiger partial charge in [-0.05, 0) is 19.3 Å². The van der Waals surface area contributed by atoms with E-state index in [1.807, 2.05) is 0 Å². The van der Waals surface area contributed by atoms with E-state index in [0.717, 1.165) is 19.3 Å². The Morgan fingerprint density at radius 1 is 1.25 bits per heavy atom. The Balaban J connectivity index is 2.37. The van der Waals surface area contributed by atoms with E-state index >= 15 is 0 Å². The minimum Gasteiger partial charge on any atom is -0.352 e. The highest BCUT2D eigenvalue weighted by atomic mass is 16.1. The van der Waals surface area contributed by atoms with E-state index in [4.69, 9.17) is 5.73 Å². The summed E-state index contributed by atoms with van der Waals surface area (Å²) in [5, 5.41) is 3.07. The number of rotatable bonds is 4. The van der Waals surface area contributed by atoms with E-state index in [9.17, 15) is 4.79 Å². The highest BCUT2D eigenvalue weighted by molar-refractivity contribution is 5.78. The number of carbonyl (C=O) groups excluding carboxylic acids is 1. The molecule has 0 heterocycles. The zero-order valence-corrected chi connectivity index (χ0v) is 10.5. The van der Waals surface area contributed by atoms with Gasteiger partial charge < -0.3 is 11.1 Å². The van der Waals surface area contributed by atoms with E-state index in [-0.39, 0.29) is 17.9 Å². The second-order valence-corrected chi connectivity index (χ2v) is 4.89. The van der Waals surface area contributed by atoms with E-state index in [1.54, 1.807) is 0 Å². The maximum atomic E-state index is 12.0. The Labute approximate surface area is 99.2 Å². The summed E-state index contributed by atoms with van der Waals surface area (Å²) < 4.78 is 0. The molecule has 0 aromatic heterocycles. The normalized spacial score (nSPS) is 20.9. The number of nitrogens with one attached hydrogen (secondary N) is 1. The highest BCUT2D eigenvalue weighted by Crippen LogP contribution is 2.22. The molecule has 0 aromatic rings. The molecule has 1 aliphatic rings. The highest BCUT2D eigenvalue weighted by Gasteiger charge is 2.20. The van der Waals surface area contributed by atoms with Gasteiger partial charge in [-0.3, -0.25) is 4.79 Å². The maximum absolute atomic E-state index is 12.0. The summed E-state index contributed by atoms with van der Waals surface area (Å²) in [6.07, 6.45) is 9.38. The van der Waals surface area contributed by atoms with Crippen molar-refractivity contribution in [2.45, 2.75) is 64.3 Å². The second-order valence-electron chi connectivity index (χ2n) is 4.89. The van der Waals surface area contributed by atoms with E-state index < -0.39 is 0 Å². The van der Waals surface area contributed by atoms with Crippen LogP contribution in [0.3, 0.4) is 0 Å². The monoisotopic (exact) mass is 226 g/mol. The zero-order valence-electron chi connectivity index (χ0n) is 10.5. The second kappa shape index (κ2) is 7.66. The van der Waals surface area contributed by atoms with Crippen LogP contribution in [0, 0.1) is 5.92 Å². The first kappa shape index (κ1) is 13.5. The van der Waals surface area contributed by atoms with Crippen LogP contribution in [0.2, 0.25) is 0 Å². The van der Waals surface area contributed by atoms with Gasteiger partial charge in [0.1, 0.15) is 0 Å². The third kappa shape index (κ3) is 4.52. The number of carbonyl (C=O) groups is 1. The lowest BCUT2D eigenvalue weighted by Gasteiger charge is -2.22. The third-order valence-electron chi connectivity index (χ3n) is 3.60. The molecule has 1 rings (SSSR count). The summed E-state index contributed by atoms with van der Waals surface area (Å²) in [5.74, 6) is 0.472. The lowest BCUT2D eigenvalue weighted by molar-refractivity contribution is -0.126. The predicted molar refractivity (Wildman–Crippen MR) is 67.1 cm³/mol. The molecule has 1 unspecified atom stereocenters. The summed E-state index contributed by atoms with van der Waals surface area (Å²) in [5.41, 5.74) is 5.60. The first-order valence-electron chi connectivity index (χ1n) is 6.78. The first-order valence-corrected chi connectivity index (χ1v) is 6.78. The number of nitrogens with two attached hydrogens (primary N) is 1. The summed E-state index contributed by atoms with van der Waals surface area (Å²) in [4.78, 5) is 12.0. The molecule has 1 aliphatic carbocycles. The molecular weight excluding hydrogens is 200 g/mol.